The van der Waals surface area contributed by atoms with Crippen LogP contribution >= 0.6 is 23.2 Å². The first-order chi connectivity index (χ1) is 18.5. The molecule has 2 amide bonds. The maximum Gasteiger partial charge on any atom is 0.242 e. The Hall–Kier alpha value is -2.49. The first-order valence-electron chi connectivity index (χ1n) is 13.2. The molecule has 0 unspecified atom stereocenters. The topological polar surface area (TPSA) is 96.0 Å². The van der Waals surface area contributed by atoms with Crippen LogP contribution in [-0.2, 0) is 26.2 Å². The van der Waals surface area contributed by atoms with Gasteiger partial charge in [-0.05, 0) is 68.1 Å². The maximum absolute atomic E-state index is 13.5. The van der Waals surface area contributed by atoms with E-state index in [2.05, 4.69) is 5.32 Å². The molecule has 1 N–H and O–H groups in total. The third-order valence-electron chi connectivity index (χ3n) is 6.16. The molecule has 1 atom stereocenters. The lowest BCUT2D eigenvalue weighted by Crippen LogP contribution is -2.49. The number of carbonyl (C=O) groups is 2. The molecular formula is C28H39Cl2N3O5S. The van der Waals surface area contributed by atoms with Crippen molar-refractivity contribution in [2.45, 2.75) is 65.5 Å². The standard InChI is InChI=1S/C28H39Cl2N3O5S/c1-5-8-17-31-28(35)26(6-2)32(20-21-11-12-22(29)19-25(21)30)27(34)10-9-18-33(39(4,36)37)23-13-15-24(16-14-23)38-7-3/h11-16,19,26H,5-10,17-18,20H2,1-4H3,(H,31,35)/t26-/m0/s1. The van der Waals surface area contributed by atoms with Gasteiger partial charge in [0.1, 0.15) is 11.8 Å². The van der Waals surface area contributed by atoms with Crippen LogP contribution in [0.15, 0.2) is 42.5 Å². The molecule has 0 bridgehead atoms. The van der Waals surface area contributed by atoms with E-state index in [1.807, 2.05) is 20.8 Å². The highest BCUT2D eigenvalue weighted by atomic mass is 35.5. The van der Waals surface area contributed by atoms with Gasteiger partial charge in [0.15, 0.2) is 0 Å². The first-order valence-corrected chi connectivity index (χ1v) is 15.8. The maximum atomic E-state index is 13.5. The van der Waals surface area contributed by atoms with Crippen LogP contribution in [0.1, 0.15) is 58.4 Å². The van der Waals surface area contributed by atoms with E-state index in [4.69, 9.17) is 27.9 Å². The molecule has 0 spiro atoms. The summed E-state index contributed by atoms with van der Waals surface area (Å²) in [6.07, 6.45) is 3.63. The lowest BCUT2D eigenvalue weighted by molar-refractivity contribution is -0.141. The molecule has 2 aromatic rings. The summed E-state index contributed by atoms with van der Waals surface area (Å²) in [6, 6.07) is 11.1. The summed E-state index contributed by atoms with van der Waals surface area (Å²) in [4.78, 5) is 28.1. The van der Waals surface area contributed by atoms with E-state index in [0.717, 1.165) is 19.1 Å². The number of nitrogens with one attached hydrogen (secondary N) is 1. The second kappa shape index (κ2) is 15.9. The second-order valence-corrected chi connectivity index (χ2v) is 11.9. The zero-order valence-electron chi connectivity index (χ0n) is 23.1. The fourth-order valence-electron chi connectivity index (χ4n) is 4.14. The molecule has 0 aromatic heterocycles. The number of amides is 2. The molecule has 0 aliphatic rings. The summed E-state index contributed by atoms with van der Waals surface area (Å²) in [5, 5.41) is 3.80. The average Bonchev–Trinajstić information content (AvgIpc) is 2.88. The van der Waals surface area contributed by atoms with Crippen molar-refractivity contribution in [3.63, 3.8) is 0 Å². The van der Waals surface area contributed by atoms with Crippen LogP contribution in [0.2, 0.25) is 10.0 Å². The zero-order chi connectivity index (χ0) is 29.0. The van der Waals surface area contributed by atoms with Gasteiger partial charge in [-0.3, -0.25) is 13.9 Å². The summed E-state index contributed by atoms with van der Waals surface area (Å²) in [5.74, 6) is 0.152. The number of carbonyl (C=O) groups excluding carboxylic acids is 2. The second-order valence-electron chi connectivity index (χ2n) is 9.19. The van der Waals surface area contributed by atoms with Crippen LogP contribution in [-0.4, -0.2) is 57.1 Å². The number of rotatable bonds is 16. The van der Waals surface area contributed by atoms with Crippen molar-refractivity contribution >= 4 is 50.7 Å². The van der Waals surface area contributed by atoms with E-state index in [1.54, 1.807) is 42.5 Å². The zero-order valence-corrected chi connectivity index (χ0v) is 25.4. The molecule has 2 aromatic carbocycles. The molecule has 0 saturated carbocycles. The van der Waals surface area contributed by atoms with Gasteiger partial charge in [0.05, 0.1) is 18.6 Å². The Morgan fingerprint density at radius 1 is 1.03 bits per heavy atom. The molecule has 216 valence electrons. The van der Waals surface area contributed by atoms with Gasteiger partial charge in [0, 0.05) is 36.1 Å². The monoisotopic (exact) mass is 599 g/mol. The Balaban J connectivity index is 2.22. The van der Waals surface area contributed by atoms with Gasteiger partial charge in [0.25, 0.3) is 0 Å². The average molecular weight is 601 g/mol. The lowest BCUT2D eigenvalue weighted by atomic mass is 10.1. The van der Waals surface area contributed by atoms with Gasteiger partial charge >= 0.3 is 0 Å². The molecular weight excluding hydrogens is 561 g/mol. The number of ether oxygens (including phenoxy) is 1. The third-order valence-corrected chi connectivity index (χ3v) is 7.94. The van der Waals surface area contributed by atoms with E-state index < -0.39 is 16.1 Å². The van der Waals surface area contributed by atoms with Gasteiger partial charge < -0.3 is 15.0 Å². The Bertz CT molecular complexity index is 1190. The van der Waals surface area contributed by atoms with Crippen LogP contribution in [0.3, 0.4) is 0 Å². The van der Waals surface area contributed by atoms with Crippen molar-refractivity contribution in [3.05, 3.63) is 58.1 Å². The molecule has 0 heterocycles. The predicted octanol–water partition coefficient (Wildman–Crippen LogP) is 5.66. The minimum absolute atomic E-state index is 0.0486. The largest absolute Gasteiger partial charge is 0.494 e. The minimum atomic E-state index is -3.59. The van der Waals surface area contributed by atoms with Crippen molar-refractivity contribution in [2.24, 2.45) is 0 Å². The number of nitrogens with zero attached hydrogens (tertiary/aromatic N) is 2. The Labute approximate surface area is 242 Å². The normalized spacial score (nSPS) is 12.1. The highest BCUT2D eigenvalue weighted by molar-refractivity contribution is 7.92. The fourth-order valence-corrected chi connectivity index (χ4v) is 5.57. The number of hydrogen-bond acceptors (Lipinski definition) is 5. The number of hydrogen-bond donors (Lipinski definition) is 1. The molecule has 2 rings (SSSR count). The van der Waals surface area contributed by atoms with Gasteiger partial charge in [-0.1, -0.05) is 49.5 Å². The van der Waals surface area contributed by atoms with Crippen LogP contribution in [0, 0.1) is 0 Å². The molecule has 0 aliphatic heterocycles. The van der Waals surface area contributed by atoms with E-state index in [1.165, 1.54) is 9.21 Å². The smallest absolute Gasteiger partial charge is 0.242 e. The Morgan fingerprint density at radius 3 is 2.28 bits per heavy atom. The van der Waals surface area contributed by atoms with Gasteiger partial charge in [-0.2, -0.15) is 0 Å². The van der Waals surface area contributed by atoms with Crippen LogP contribution in [0.5, 0.6) is 5.75 Å². The SMILES string of the molecule is CCCCNC(=O)[C@H](CC)N(Cc1ccc(Cl)cc1Cl)C(=O)CCCN(c1ccc(OCC)cc1)S(C)(=O)=O. The van der Waals surface area contributed by atoms with Crippen LogP contribution in [0.4, 0.5) is 5.69 Å². The Kier molecular flexibility index (Phi) is 13.4. The van der Waals surface area contributed by atoms with Crippen molar-refractivity contribution < 1.29 is 22.7 Å². The van der Waals surface area contributed by atoms with Gasteiger partial charge in [0.2, 0.25) is 21.8 Å². The Morgan fingerprint density at radius 2 is 1.72 bits per heavy atom. The highest BCUT2D eigenvalue weighted by Crippen LogP contribution is 2.25. The molecule has 39 heavy (non-hydrogen) atoms. The molecule has 0 radical (unpaired) electrons. The quantitative estimate of drug-likeness (QED) is 0.251. The molecule has 0 fully saturated rings. The third kappa shape index (κ3) is 10.2. The van der Waals surface area contributed by atoms with Crippen LogP contribution < -0.4 is 14.4 Å². The van der Waals surface area contributed by atoms with E-state index in [0.29, 0.717) is 46.6 Å². The minimum Gasteiger partial charge on any atom is -0.494 e. The summed E-state index contributed by atoms with van der Waals surface area (Å²) < 4.78 is 31.8. The van der Waals surface area contributed by atoms with Gasteiger partial charge in [-0.25, -0.2) is 8.42 Å². The summed E-state index contributed by atoms with van der Waals surface area (Å²) in [6.45, 7) is 7.03. The molecule has 0 saturated heterocycles. The number of anilines is 1. The number of unbranched alkanes of at least 4 members (excludes halogenated alkanes) is 1. The van der Waals surface area contributed by atoms with Crippen molar-refractivity contribution in [2.75, 3.05) is 30.3 Å². The van der Waals surface area contributed by atoms with Crippen LogP contribution in [0.25, 0.3) is 0 Å². The van der Waals surface area contributed by atoms with Gasteiger partial charge in [-0.15, -0.1) is 0 Å². The van der Waals surface area contributed by atoms with E-state index in [-0.39, 0.29) is 37.7 Å². The number of benzene rings is 2. The lowest BCUT2D eigenvalue weighted by Gasteiger charge is -2.31. The highest BCUT2D eigenvalue weighted by Gasteiger charge is 2.29. The van der Waals surface area contributed by atoms with Crippen molar-refractivity contribution in [1.29, 1.82) is 0 Å². The fraction of sp³-hybridized carbons (Fsp3) is 0.500. The summed E-state index contributed by atoms with van der Waals surface area (Å²) >= 11 is 12.4. The number of sulfonamides is 1. The predicted molar refractivity (Wildman–Crippen MR) is 158 cm³/mol. The summed E-state index contributed by atoms with van der Waals surface area (Å²) in [7, 11) is -3.59. The number of halogens is 2. The molecule has 0 aliphatic carbocycles. The molecule has 11 heteroatoms. The molecule has 8 nitrogen and oxygen atoms in total. The van der Waals surface area contributed by atoms with E-state index >= 15 is 0 Å². The van der Waals surface area contributed by atoms with E-state index in [9.17, 15) is 18.0 Å². The first kappa shape index (κ1) is 32.7. The van der Waals surface area contributed by atoms with Crippen molar-refractivity contribution in [3.8, 4) is 5.75 Å². The van der Waals surface area contributed by atoms with Crippen molar-refractivity contribution in [1.82, 2.24) is 10.2 Å². The summed E-state index contributed by atoms with van der Waals surface area (Å²) in [5.41, 5.74) is 1.15.